The summed E-state index contributed by atoms with van der Waals surface area (Å²) >= 11 is 1.29. The number of benzene rings is 1. The summed E-state index contributed by atoms with van der Waals surface area (Å²) in [6.45, 7) is 3.25. The number of imide groups is 1. The van der Waals surface area contributed by atoms with Gasteiger partial charge in [0.2, 0.25) is 11.8 Å². The third-order valence-corrected chi connectivity index (χ3v) is 6.22. The molecule has 2 aromatic rings. The van der Waals surface area contributed by atoms with E-state index in [9.17, 15) is 14.4 Å². The van der Waals surface area contributed by atoms with Crippen molar-refractivity contribution in [2.45, 2.75) is 49.9 Å². The second-order valence-electron chi connectivity index (χ2n) is 7.93. The molecule has 2 fully saturated rings. The Balaban J connectivity index is 1.48. The van der Waals surface area contributed by atoms with E-state index >= 15 is 0 Å². The molecular formula is C21H26N6O4S. The van der Waals surface area contributed by atoms with Crippen LogP contribution < -0.4 is 16.0 Å². The Morgan fingerprint density at radius 1 is 1.34 bits per heavy atom. The molecule has 2 saturated heterocycles. The predicted molar refractivity (Wildman–Crippen MR) is 118 cm³/mol. The highest BCUT2D eigenvalue weighted by molar-refractivity contribution is 7.99. The zero-order valence-corrected chi connectivity index (χ0v) is 18.6. The Labute approximate surface area is 189 Å². The molecule has 3 heterocycles. The van der Waals surface area contributed by atoms with Crippen molar-refractivity contribution in [1.82, 2.24) is 30.7 Å². The summed E-state index contributed by atoms with van der Waals surface area (Å²) in [6.07, 6.45) is 2.59. The number of nitrogens with zero attached hydrogens (tertiary/aromatic N) is 3. The molecular weight excluding hydrogens is 432 g/mol. The number of aryl methyl sites for hydroxylation is 1. The van der Waals surface area contributed by atoms with Crippen LogP contribution in [0.3, 0.4) is 0 Å². The topological polar surface area (TPSA) is 127 Å². The number of hydrogen-bond acceptors (Lipinski definition) is 7. The van der Waals surface area contributed by atoms with E-state index in [0.29, 0.717) is 23.9 Å². The molecule has 2 aliphatic heterocycles. The minimum absolute atomic E-state index is 0.0920. The van der Waals surface area contributed by atoms with Crippen LogP contribution in [0.2, 0.25) is 0 Å². The lowest BCUT2D eigenvalue weighted by Gasteiger charge is -2.23. The van der Waals surface area contributed by atoms with Gasteiger partial charge in [0.1, 0.15) is 5.82 Å². The van der Waals surface area contributed by atoms with E-state index in [1.807, 2.05) is 35.8 Å². The van der Waals surface area contributed by atoms with Gasteiger partial charge in [0.25, 0.3) is 0 Å². The molecule has 3 N–H and O–H groups in total. The highest BCUT2D eigenvalue weighted by Crippen LogP contribution is 2.24. The highest BCUT2D eigenvalue weighted by Gasteiger charge is 2.27. The maximum atomic E-state index is 12.3. The summed E-state index contributed by atoms with van der Waals surface area (Å²) in [5.74, 6) is 0.386. The third-order valence-electron chi connectivity index (χ3n) is 5.29. The van der Waals surface area contributed by atoms with Gasteiger partial charge in [-0.05, 0) is 37.5 Å². The Morgan fingerprint density at radius 2 is 2.22 bits per heavy atom. The Bertz CT molecular complexity index is 988. The zero-order chi connectivity index (χ0) is 22.5. The molecule has 2 atom stereocenters. The third kappa shape index (κ3) is 5.65. The van der Waals surface area contributed by atoms with E-state index < -0.39 is 6.03 Å². The van der Waals surface area contributed by atoms with Gasteiger partial charge >= 0.3 is 6.03 Å². The number of ether oxygens (including phenoxy) is 1. The molecule has 170 valence electrons. The standard InChI is InChI=1S/C21H26N6O4S/c1-13-4-2-5-15(8-13)27-17(9-14-10-18(28)24-20(30)23-14)25-26-21(27)32-12-19(29)22-11-16-6-3-7-31-16/h2,4-5,8,14,16H,3,6-7,9-12H2,1H3,(H,22,29)(H2,23,24,28,30). The molecule has 0 spiro atoms. The van der Waals surface area contributed by atoms with Gasteiger partial charge in [0.15, 0.2) is 5.16 Å². The molecule has 4 rings (SSSR count). The van der Waals surface area contributed by atoms with Crippen LogP contribution in [0.25, 0.3) is 5.69 Å². The number of nitrogens with one attached hydrogen (secondary N) is 3. The quantitative estimate of drug-likeness (QED) is 0.506. The molecule has 4 amide bonds. The number of carbonyl (C=O) groups excluding carboxylic acids is 3. The van der Waals surface area contributed by atoms with Crippen molar-refractivity contribution in [2.24, 2.45) is 0 Å². The van der Waals surface area contributed by atoms with Crippen molar-refractivity contribution in [3.8, 4) is 5.69 Å². The summed E-state index contributed by atoms with van der Waals surface area (Å²) in [4.78, 5) is 35.7. The first-order valence-corrected chi connectivity index (χ1v) is 11.6. The number of rotatable bonds is 8. The van der Waals surface area contributed by atoms with E-state index in [2.05, 4.69) is 26.1 Å². The lowest BCUT2D eigenvalue weighted by molar-refractivity contribution is -0.121. The first kappa shape index (κ1) is 22.3. The van der Waals surface area contributed by atoms with E-state index in [0.717, 1.165) is 30.7 Å². The highest BCUT2D eigenvalue weighted by atomic mass is 32.2. The van der Waals surface area contributed by atoms with Crippen LogP contribution in [0.1, 0.15) is 30.7 Å². The number of carbonyl (C=O) groups is 3. The summed E-state index contributed by atoms with van der Waals surface area (Å²) in [5.41, 5.74) is 1.93. The number of amides is 4. The minimum atomic E-state index is -0.509. The van der Waals surface area contributed by atoms with Gasteiger partial charge in [-0.3, -0.25) is 19.5 Å². The second kappa shape index (κ2) is 10.1. The van der Waals surface area contributed by atoms with Gasteiger partial charge in [-0.1, -0.05) is 23.9 Å². The van der Waals surface area contributed by atoms with Crippen LogP contribution in [0.4, 0.5) is 4.79 Å². The van der Waals surface area contributed by atoms with Gasteiger partial charge in [-0.25, -0.2) is 4.79 Å². The van der Waals surface area contributed by atoms with Gasteiger partial charge in [-0.15, -0.1) is 10.2 Å². The molecule has 2 unspecified atom stereocenters. The van der Waals surface area contributed by atoms with Crippen LogP contribution >= 0.6 is 11.8 Å². The normalized spacial score (nSPS) is 20.7. The monoisotopic (exact) mass is 458 g/mol. The van der Waals surface area contributed by atoms with Crippen molar-refractivity contribution in [3.05, 3.63) is 35.7 Å². The van der Waals surface area contributed by atoms with Crippen molar-refractivity contribution < 1.29 is 19.1 Å². The number of urea groups is 1. The van der Waals surface area contributed by atoms with Crippen molar-refractivity contribution in [2.75, 3.05) is 18.9 Å². The van der Waals surface area contributed by atoms with Crippen molar-refractivity contribution in [3.63, 3.8) is 0 Å². The predicted octanol–water partition coefficient (Wildman–Crippen LogP) is 1.10. The molecule has 0 saturated carbocycles. The molecule has 0 radical (unpaired) electrons. The second-order valence-corrected chi connectivity index (χ2v) is 8.87. The van der Waals surface area contributed by atoms with Crippen LogP contribution in [-0.4, -0.2) is 63.7 Å². The molecule has 2 aliphatic rings. The average molecular weight is 459 g/mol. The Morgan fingerprint density at radius 3 is 2.97 bits per heavy atom. The SMILES string of the molecule is Cc1cccc(-n2c(CC3CC(=O)NC(=O)N3)nnc2SCC(=O)NCC2CCCO2)c1. The van der Waals surface area contributed by atoms with E-state index in [1.54, 1.807) is 0 Å². The molecule has 0 bridgehead atoms. The fourth-order valence-electron chi connectivity index (χ4n) is 3.78. The van der Waals surface area contributed by atoms with E-state index in [4.69, 9.17) is 4.74 Å². The lowest BCUT2D eigenvalue weighted by Crippen LogP contribution is -2.53. The van der Waals surface area contributed by atoms with E-state index in [-0.39, 0.29) is 36.1 Å². The van der Waals surface area contributed by atoms with Crippen molar-refractivity contribution in [1.29, 1.82) is 0 Å². The van der Waals surface area contributed by atoms with Gasteiger partial charge < -0.3 is 15.4 Å². The molecule has 1 aromatic heterocycles. The summed E-state index contributed by atoms with van der Waals surface area (Å²) in [6, 6.07) is 6.98. The number of aromatic nitrogens is 3. The van der Waals surface area contributed by atoms with Crippen LogP contribution in [0.15, 0.2) is 29.4 Å². The number of hydrogen-bond donors (Lipinski definition) is 3. The van der Waals surface area contributed by atoms with Crippen LogP contribution in [0.5, 0.6) is 0 Å². The smallest absolute Gasteiger partial charge is 0.321 e. The fraction of sp³-hybridized carbons (Fsp3) is 0.476. The maximum Gasteiger partial charge on any atom is 0.321 e. The Hall–Kier alpha value is -2.92. The van der Waals surface area contributed by atoms with Crippen LogP contribution in [-0.2, 0) is 20.7 Å². The minimum Gasteiger partial charge on any atom is -0.376 e. The summed E-state index contributed by atoms with van der Waals surface area (Å²) < 4.78 is 7.42. The summed E-state index contributed by atoms with van der Waals surface area (Å²) in [7, 11) is 0. The zero-order valence-electron chi connectivity index (χ0n) is 17.8. The molecule has 10 nitrogen and oxygen atoms in total. The number of thioether (sulfide) groups is 1. The first-order chi connectivity index (χ1) is 15.5. The van der Waals surface area contributed by atoms with Gasteiger partial charge in [0, 0.05) is 37.7 Å². The van der Waals surface area contributed by atoms with Crippen molar-refractivity contribution >= 4 is 29.6 Å². The molecule has 11 heteroatoms. The van der Waals surface area contributed by atoms with E-state index in [1.165, 1.54) is 11.8 Å². The van der Waals surface area contributed by atoms with Gasteiger partial charge in [0.05, 0.1) is 11.9 Å². The molecule has 1 aromatic carbocycles. The summed E-state index contributed by atoms with van der Waals surface area (Å²) in [5, 5.41) is 17.1. The van der Waals surface area contributed by atoms with Crippen LogP contribution in [0, 0.1) is 6.92 Å². The first-order valence-electron chi connectivity index (χ1n) is 10.6. The Kier molecular flexibility index (Phi) is 7.05. The van der Waals surface area contributed by atoms with Gasteiger partial charge in [-0.2, -0.15) is 0 Å². The largest absolute Gasteiger partial charge is 0.376 e. The lowest BCUT2D eigenvalue weighted by atomic mass is 10.1. The maximum absolute atomic E-state index is 12.3. The average Bonchev–Trinajstić information content (AvgIpc) is 3.40. The molecule has 32 heavy (non-hydrogen) atoms. The molecule has 0 aliphatic carbocycles. The fourth-order valence-corrected chi connectivity index (χ4v) is 4.58.